The van der Waals surface area contributed by atoms with Crippen molar-refractivity contribution in [2.75, 3.05) is 27.4 Å². The lowest BCUT2D eigenvalue weighted by Gasteiger charge is -2.34. The second-order valence-electron chi connectivity index (χ2n) is 6.75. The predicted octanol–water partition coefficient (Wildman–Crippen LogP) is 0.00440. The van der Waals surface area contributed by atoms with Gasteiger partial charge in [-0.05, 0) is 0 Å². The minimum atomic E-state index is -3.88. The van der Waals surface area contributed by atoms with Crippen molar-refractivity contribution in [3.8, 4) is 0 Å². The first-order valence-corrected chi connectivity index (χ1v) is 10.2. The van der Waals surface area contributed by atoms with E-state index in [0.29, 0.717) is 6.61 Å². The van der Waals surface area contributed by atoms with Gasteiger partial charge in [-0.25, -0.2) is 0 Å². The summed E-state index contributed by atoms with van der Waals surface area (Å²) in [6, 6.07) is -1.05. The van der Waals surface area contributed by atoms with Crippen LogP contribution in [0.5, 0.6) is 0 Å². The highest BCUT2D eigenvalue weighted by Gasteiger charge is 2.43. The summed E-state index contributed by atoms with van der Waals surface area (Å²) in [5, 5.41) is 0. The predicted molar refractivity (Wildman–Crippen MR) is 99.8 cm³/mol. The van der Waals surface area contributed by atoms with E-state index in [0.717, 1.165) is 0 Å². The van der Waals surface area contributed by atoms with Crippen molar-refractivity contribution < 1.29 is 32.6 Å². The zero-order valence-electron chi connectivity index (χ0n) is 15.6. The molecule has 0 aliphatic carbocycles. The Labute approximate surface area is 160 Å². The molecule has 2 aliphatic rings. The van der Waals surface area contributed by atoms with Gasteiger partial charge >= 0.3 is 0 Å². The Morgan fingerprint density at radius 2 is 1.81 bits per heavy atom. The van der Waals surface area contributed by atoms with E-state index in [1.54, 1.807) is 14.2 Å². The SMILES string of the molecule is [B][B][C@@H]1O[C@H](COP([B-])(=O)OC2[C@H]([B])O[C@H](COC)[C@@H]2C)[C@H](OC)C1C. The maximum atomic E-state index is 12.6. The third-order valence-electron chi connectivity index (χ3n) is 4.98. The smallest absolute Gasteiger partial charge is 0.112 e. The minimum absolute atomic E-state index is 0.0307. The molecular formula is C14H24B4O7P-. The molecule has 0 aromatic carbocycles. The molecule has 26 heavy (non-hydrogen) atoms. The van der Waals surface area contributed by atoms with Crippen molar-refractivity contribution in [3.05, 3.63) is 0 Å². The third-order valence-corrected chi connectivity index (χ3v) is 6.02. The fourth-order valence-electron chi connectivity index (χ4n) is 3.45. The summed E-state index contributed by atoms with van der Waals surface area (Å²) >= 11 is 0. The quantitative estimate of drug-likeness (QED) is 0.413. The fourth-order valence-corrected chi connectivity index (χ4v) is 4.52. The molecule has 2 saturated heterocycles. The molecule has 0 bridgehead atoms. The molecule has 0 aromatic heterocycles. The van der Waals surface area contributed by atoms with Crippen molar-refractivity contribution in [1.82, 2.24) is 0 Å². The van der Waals surface area contributed by atoms with Crippen LogP contribution in [-0.2, 0) is 32.6 Å². The highest BCUT2D eigenvalue weighted by Crippen LogP contribution is 2.48. The summed E-state index contributed by atoms with van der Waals surface area (Å²) in [5.41, 5.74) is 0. The summed E-state index contributed by atoms with van der Waals surface area (Å²) < 4.78 is 45.2. The maximum Gasteiger partial charge on any atom is 0.112 e. The number of ether oxygens (including phenoxy) is 4. The van der Waals surface area contributed by atoms with E-state index in [1.165, 1.54) is 7.17 Å². The summed E-state index contributed by atoms with van der Waals surface area (Å²) in [6.07, 6.45) is -1.66. The van der Waals surface area contributed by atoms with Crippen molar-refractivity contribution in [2.45, 2.75) is 50.3 Å². The van der Waals surface area contributed by atoms with Crippen LogP contribution in [0.15, 0.2) is 0 Å². The molecule has 9 atom stereocenters. The molecule has 2 aliphatic heterocycles. The van der Waals surface area contributed by atoms with E-state index in [4.69, 9.17) is 51.1 Å². The molecule has 2 heterocycles. The summed E-state index contributed by atoms with van der Waals surface area (Å²) in [4.78, 5) is 0. The van der Waals surface area contributed by atoms with Gasteiger partial charge in [0, 0.05) is 45.8 Å². The highest BCUT2D eigenvalue weighted by atomic mass is 31.2. The Bertz CT molecular complexity index is 502. The normalized spacial score (nSPS) is 42.7. The number of hydrogen-bond donors (Lipinski definition) is 0. The lowest BCUT2D eigenvalue weighted by atomic mass is 9.49. The number of rotatable bonds is 9. The lowest BCUT2D eigenvalue weighted by molar-refractivity contribution is -0.0215. The Morgan fingerprint density at radius 3 is 2.38 bits per heavy atom. The highest BCUT2D eigenvalue weighted by molar-refractivity contribution is 7.79. The molecule has 0 saturated carbocycles. The van der Waals surface area contributed by atoms with Crippen LogP contribution in [0.3, 0.4) is 0 Å². The van der Waals surface area contributed by atoms with Crippen LogP contribution < -0.4 is 0 Å². The van der Waals surface area contributed by atoms with E-state index in [9.17, 15) is 4.57 Å². The average molecular weight is 379 g/mol. The van der Waals surface area contributed by atoms with E-state index < -0.39 is 25.7 Å². The Balaban J connectivity index is 1.91. The molecule has 0 amide bonds. The lowest BCUT2D eigenvalue weighted by Crippen LogP contribution is -2.33. The Kier molecular flexibility index (Phi) is 8.35. The van der Waals surface area contributed by atoms with Gasteiger partial charge in [-0.15, -0.1) is 0 Å². The van der Waals surface area contributed by atoms with E-state index >= 15 is 0 Å². The van der Waals surface area contributed by atoms with Gasteiger partial charge in [-0.2, -0.15) is 0 Å². The topological polar surface area (TPSA) is 72.5 Å². The first-order valence-electron chi connectivity index (χ1n) is 8.59. The molecule has 8 radical (unpaired) electrons. The van der Waals surface area contributed by atoms with Crippen LogP contribution in [-0.4, -0.2) is 94.2 Å². The van der Waals surface area contributed by atoms with Crippen LogP contribution in [0.4, 0.5) is 0 Å². The van der Waals surface area contributed by atoms with Gasteiger partial charge in [0.25, 0.3) is 0 Å². The van der Waals surface area contributed by atoms with Crippen LogP contribution in [0, 0.1) is 11.8 Å². The molecule has 0 aromatic rings. The van der Waals surface area contributed by atoms with Gasteiger partial charge < -0.3 is 40.1 Å². The first kappa shape index (κ1) is 22.5. The molecule has 12 heteroatoms. The van der Waals surface area contributed by atoms with E-state index in [1.807, 2.05) is 13.8 Å². The Hall–Kier alpha value is 0.250. The van der Waals surface area contributed by atoms with Gasteiger partial charge in [0.05, 0.1) is 46.2 Å². The van der Waals surface area contributed by atoms with Gasteiger partial charge in [0.1, 0.15) is 14.0 Å². The van der Waals surface area contributed by atoms with Crippen molar-refractivity contribution in [1.29, 1.82) is 0 Å². The summed E-state index contributed by atoms with van der Waals surface area (Å²) in [6.45, 7) is 4.11. The standard InChI is InChI=1S/C14H24B4O7P/c1-7-9(5-20-3)23-13(15)12(7)25-26(17,19)22-6-10-11(21-4)8(2)14(18-16)24-10/h7-14H,5-6H2,1-4H3/q-1/t7-,8?,9+,10+,11+,12?,13+,14+,26?/m0/s1. The molecule has 2 rings (SSSR count). The fraction of sp³-hybridized carbons (Fsp3) is 1.00. The number of methoxy groups -OCH3 is 2. The monoisotopic (exact) mass is 379 g/mol. The van der Waals surface area contributed by atoms with Gasteiger partial charge in [0.2, 0.25) is 0 Å². The minimum Gasteiger partial charge on any atom is -0.444 e. The molecule has 3 unspecified atom stereocenters. The molecule has 2 fully saturated rings. The van der Waals surface area contributed by atoms with E-state index in [-0.39, 0.29) is 36.7 Å². The van der Waals surface area contributed by atoms with Crippen molar-refractivity contribution in [3.63, 3.8) is 0 Å². The van der Waals surface area contributed by atoms with Gasteiger partial charge in [-0.3, -0.25) is 0 Å². The van der Waals surface area contributed by atoms with Crippen LogP contribution >= 0.6 is 7.47 Å². The molecule has 140 valence electrons. The van der Waals surface area contributed by atoms with Gasteiger partial charge in [-0.1, -0.05) is 13.8 Å². The first-order chi connectivity index (χ1) is 12.2. The summed E-state index contributed by atoms with van der Waals surface area (Å²) in [5.74, 6) is -0.126. The zero-order chi connectivity index (χ0) is 19.5. The molecule has 0 N–H and O–H groups in total. The maximum absolute atomic E-state index is 12.6. The van der Waals surface area contributed by atoms with E-state index in [2.05, 4.69) is 0 Å². The van der Waals surface area contributed by atoms with Gasteiger partial charge in [0.15, 0.2) is 0 Å². The van der Waals surface area contributed by atoms with Crippen molar-refractivity contribution in [2.24, 2.45) is 11.8 Å². The zero-order valence-corrected chi connectivity index (χ0v) is 16.5. The second kappa shape index (κ2) is 9.64. The van der Waals surface area contributed by atoms with Crippen LogP contribution in [0.1, 0.15) is 13.8 Å². The molecule has 7 nitrogen and oxygen atoms in total. The van der Waals surface area contributed by atoms with Crippen LogP contribution in [0.2, 0.25) is 0 Å². The van der Waals surface area contributed by atoms with Crippen molar-refractivity contribution >= 4 is 37.8 Å². The summed E-state index contributed by atoms with van der Waals surface area (Å²) in [7, 11) is 18.0. The Morgan fingerprint density at radius 1 is 1.12 bits per heavy atom. The second-order valence-corrected chi connectivity index (χ2v) is 8.30. The van der Waals surface area contributed by atoms with Crippen LogP contribution in [0.25, 0.3) is 0 Å². The largest absolute Gasteiger partial charge is 0.444 e. The molecular weight excluding hydrogens is 354 g/mol. The average Bonchev–Trinajstić information content (AvgIpc) is 3.04. The molecule has 0 spiro atoms. The third kappa shape index (κ3) is 5.19. The number of hydrogen-bond acceptors (Lipinski definition) is 7.